The van der Waals surface area contributed by atoms with Crippen LogP contribution in [0.5, 0.6) is 5.75 Å². The number of benzene rings is 1. The zero-order valence-corrected chi connectivity index (χ0v) is 14.9. The summed E-state index contributed by atoms with van der Waals surface area (Å²) in [5, 5.41) is 0. The van der Waals surface area contributed by atoms with E-state index < -0.39 is 10.0 Å². The average molecular weight is 376 g/mol. The first-order chi connectivity index (χ1) is 10.0. The smallest absolute Gasteiger partial charge is 0.243 e. The predicted octanol–water partition coefficient (Wildman–Crippen LogP) is 3.80. The normalized spacial score (nSPS) is 20.4. The first-order valence-corrected chi connectivity index (χ1v) is 9.68. The van der Waals surface area contributed by atoms with Crippen molar-refractivity contribution in [2.45, 2.75) is 50.5 Å². The summed E-state index contributed by atoms with van der Waals surface area (Å²) in [6.45, 7) is 5.04. The second kappa shape index (κ2) is 7.11. The molecular weight excluding hydrogens is 354 g/mol. The minimum Gasteiger partial charge on any atom is -0.493 e. The van der Waals surface area contributed by atoms with E-state index in [2.05, 4.69) is 15.9 Å². The van der Waals surface area contributed by atoms with Gasteiger partial charge in [0.2, 0.25) is 10.0 Å². The lowest BCUT2D eigenvalue weighted by atomic mass is 10.0. The molecule has 0 aliphatic carbocycles. The number of sulfonamides is 1. The van der Waals surface area contributed by atoms with Crippen LogP contribution in [0.4, 0.5) is 0 Å². The van der Waals surface area contributed by atoms with Crippen molar-refractivity contribution in [2.75, 3.05) is 13.2 Å². The van der Waals surface area contributed by atoms with Gasteiger partial charge in [0.15, 0.2) is 0 Å². The van der Waals surface area contributed by atoms with Gasteiger partial charge in [0.1, 0.15) is 5.75 Å². The lowest BCUT2D eigenvalue weighted by Gasteiger charge is -2.34. The highest BCUT2D eigenvalue weighted by Gasteiger charge is 2.32. The maximum absolute atomic E-state index is 12.9. The van der Waals surface area contributed by atoms with Gasteiger partial charge >= 0.3 is 0 Å². The van der Waals surface area contributed by atoms with Crippen LogP contribution in [-0.4, -0.2) is 31.9 Å². The molecule has 0 amide bonds. The van der Waals surface area contributed by atoms with Crippen molar-refractivity contribution in [1.82, 2.24) is 4.31 Å². The molecule has 0 saturated carbocycles. The van der Waals surface area contributed by atoms with Gasteiger partial charge in [-0.25, -0.2) is 8.42 Å². The van der Waals surface area contributed by atoms with Gasteiger partial charge in [-0.2, -0.15) is 4.31 Å². The van der Waals surface area contributed by atoms with Crippen LogP contribution in [0.2, 0.25) is 0 Å². The molecule has 6 heteroatoms. The van der Waals surface area contributed by atoms with E-state index in [1.807, 2.05) is 13.8 Å². The number of hydrogen-bond donors (Lipinski definition) is 0. The Balaban J connectivity index is 2.36. The number of rotatable bonds is 5. The largest absolute Gasteiger partial charge is 0.493 e. The van der Waals surface area contributed by atoms with E-state index in [4.69, 9.17) is 4.74 Å². The van der Waals surface area contributed by atoms with Gasteiger partial charge in [-0.05, 0) is 54.2 Å². The number of hydrogen-bond acceptors (Lipinski definition) is 3. The molecule has 1 heterocycles. The van der Waals surface area contributed by atoms with Crippen molar-refractivity contribution in [2.24, 2.45) is 0 Å². The lowest BCUT2D eigenvalue weighted by Crippen LogP contribution is -2.43. The predicted molar refractivity (Wildman–Crippen MR) is 87.1 cm³/mol. The molecule has 0 N–H and O–H groups in total. The van der Waals surface area contributed by atoms with Gasteiger partial charge < -0.3 is 4.74 Å². The highest BCUT2D eigenvalue weighted by Crippen LogP contribution is 2.32. The summed E-state index contributed by atoms with van der Waals surface area (Å²) < 4.78 is 33.7. The Morgan fingerprint density at radius 1 is 1.33 bits per heavy atom. The van der Waals surface area contributed by atoms with Crippen LogP contribution in [0.25, 0.3) is 0 Å². The van der Waals surface area contributed by atoms with Crippen LogP contribution >= 0.6 is 15.9 Å². The van der Waals surface area contributed by atoms with Crippen molar-refractivity contribution in [3.05, 3.63) is 22.7 Å². The SMILES string of the molecule is CCOc1cc(S(=O)(=O)N2CCCC[C@@H]2CC)ccc1Br. The van der Waals surface area contributed by atoms with Gasteiger partial charge in [-0.1, -0.05) is 13.3 Å². The van der Waals surface area contributed by atoms with Crippen molar-refractivity contribution in [1.29, 1.82) is 0 Å². The Bertz CT molecular complexity index is 589. The summed E-state index contributed by atoms with van der Waals surface area (Å²) in [4.78, 5) is 0.314. The molecule has 1 aromatic carbocycles. The lowest BCUT2D eigenvalue weighted by molar-refractivity contribution is 0.246. The summed E-state index contributed by atoms with van der Waals surface area (Å²) in [5.41, 5.74) is 0. The molecule has 1 fully saturated rings. The van der Waals surface area contributed by atoms with Gasteiger partial charge in [0.25, 0.3) is 0 Å². The molecule has 0 aromatic heterocycles. The topological polar surface area (TPSA) is 46.6 Å². The number of nitrogens with zero attached hydrogens (tertiary/aromatic N) is 1. The monoisotopic (exact) mass is 375 g/mol. The Kier molecular flexibility index (Phi) is 5.68. The first kappa shape index (κ1) is 16.8. The maximum atomic E-state index is 12.9. The van der Waals surface area contributed by atoms with Crippen molar-refractivity contribution in [3.8, 4) is 5.75 Å². The molecule has 2 rings (SSSR count). The molecular formula is C15H22BrNO3S. The van der Waals surface area contributed by atoms with E-state index in [0.717, 1.165) is 30.2 Å². The van der Waals surface area contributed by atoms with E-state index in [1.165, 1.54) is 0 Å². The van der Waals surface area contributed by atoms with Crippen LogP contribution in [0.1, 0.15) is 39.5 Å². The summed E-state index contributed by atoms with van der Waals surface area (Å²) >= 11 is 3.39. The maximum Gasteiger partial charge on any atom is 0.243 e. The number of ether oxygens (including phenoxy) is 1. The van der Waals surface area contributed by atoms with E-state index in [1.54, 1.807) is 22.5 Å². The van der Waals surface area contributed by atoms with Crippen molar-refractivity contribution < 1.29 is 13.2 Å². The summed E-state index contributed by atoms with van der Waals surface area (Å²) in [6.07, 6.45) is 3.85. The van der Waals surface area contributed by atoms with Gasteiger partial charge in [-0.15, -0.1) is 0 Å². The fourth-order valence-corrected chi connectivity index (χ4v) is 4.89. The molecule has 0 spiro atoms. The zero-order valence-electron chi connectivity index (χ0n) is 12.5. The third kappa shape index (κ3) is 3.60. The molecule has 1 aromatic rings. The molecule has 1 aliphatic heterocycles. The van der Waals surface area contributed by atoms with E-state index in [0.29, 0.717) is 23.8 Å². The van der Waals surface area contributed by atoms with Crippen LogP contribution in [-0.2, 0) is 10.0 Å². The standard InChI is InChI=1S/C15H22BrNO3S/c1-3-12-7-5-6-10-17(12)21(18,19)13-8-9-14(16)15(11-13)20-4-2/h8-9,11-12H,3-7,10H2,1-2H3/t12-/m0/s1. The quantitative estimate of drug-likeness (QED) is 0.785. The van der Waals surface area contributed by atoms with Gasteiger partial charge in [0.05, 0.1) is 16.0 Å². The Hall–Kier alpha value is -0.590. The van der Waals surface area contributed by atoms with E-state index in [9.17, 15) is 8.42 Å². The van der Waals surface area contributed by atoms with Crippen LogP contribution in [0.3, 0.4) is 0 Å². The Morgan fingerprint density at radius 2 is 2.10 bits per heavy atom. The Labute approximate surface area is 135 Å². The second-order valence-corrected chi connectivity index (χ2v) is 7.94. The number of piperidine rings is 1. The highest BCUT2D eigenvalue weighted by molar-refractivity contribution is 9.10. The second-order valence-electron chi connectivity index (χ2n) is 5.20. The van der Waals surface area contributed by atoms with Crippen molar-refractivity contribution in [3.63, 3.8) is 0 Å². The van der Waals surface area contributed by atoms with E-state index >= 15 is 0 Å². The molecule has 118 valence electrons. The van der Waals surface area contributed by atoms with Crippen LogP contribution in [0, 0.1) is 0 Å². The van der Waals surface area contributed by atoms with Gasteiger partial charge in [-0.3, -0.25) is 0 Å². The molecule has 1 atom stereocenters. The highest BCUT2D eigenvalue weighted by atomic mass is 79.9. The zero-order chi connectivity index (χ0) is 15.5. The third-order valence-corrected chi connectivity index (χ3v) is 6.46. The van der Waals surface area contributed by atoms with Crippen LogP contribution in [0.15, 0.2) is 27.6 Å². The summed E-state index contributed by atoms with van der Waals surface area (Å²) in [5.74, 6) is 0.573. The van der Waals surface area contributed by atoms with E-state index in [-0.39, 0.29) is 6.04 Å². The third-order valence-electron chi connectivity index (χ3n) is 3.85. The number of halogens is 1. The summed E-state index contributed by atoms with van der Waals surface area (Å²) in [7, 11) is -3.45. The molecule has 21 heavy (non-hydrogen) atoms. The first-order valence-electron chi connectivity index (χ1n) is 7.44. The fraction of sp³-hybridized carbons (Fsp3) is 0.600. The van der Waals surface area contributed by atoms with Gasteiger partial charge in [0, 0.05) is 18.7 Å². The molecule has 0 unspecified atom stereocenters. The molecule has 4 nitrogen and oxygen atoms in total. The molecule has 0 radical (unpaired) electrons. The summed E-state index contributed by atoms with van der Waals surface area (Å²) in [6, 6.07) is 5.11. The van der Waals surface area contributed by atoms with Crippen LogP contribution < -0.4 is 4.74 Å². The minimum atomic E-state index is -3.45. The fourth-order valence-electron chi connectivity index (χ4n) is 2.74. The Morgan fingerprint density at radius 3 is 2.76 bits per heavy atom. The molecule has 1 saturated heterocycles. The van der Waals surface area contributed by atoms with Crippen molar-refractivity contribution >= 4 is 26.0 Å². The average Bonchev–Trinajstić information content (AvgIpc) is 2.49. The minimum absolute atomic E-state index is 0.114. The molecule has 0 bridgehead atoms. The molecule has 1 aliphatic rings.